The lowest BCUT2D eigenvalue weighted by Gasteiger charge is -2.15. The van der Waals surface area contributed by atoms with E-state index in [1.54, 1.807) is 12.1 Å². The second-order valence-electron chi connectivity index (χ2n) is 3.99. The van der Waals surface area contributed by atoms with E-state index in [0.717, 1.165) is 5.56 Å². The number of terminal acetylenes is 1. The number of carbonyl (C=O) groups is 2. The summed E-state index contributed by atoms with van der Waals surface area (Å²) in [4.78, 5) is 22.6. The summed E-state index contributed by atoms with van der Waals surface area (Å²) >= 11 is 0. The van der Waals surface area contributed by atoms with E-state index in [0.29, 0.717) is 0 Å². The van der Waals surface area contributed by atoms with Gasteiger partial charge in [0.25, 0.3) is 5.91 Å². The van der Waals surface area contributed by atoms with Crippen molar-refractivity contribution in [3.8, 4) is 18.1 Å². The first-order valence-corrected chi connectivity index (χ1v) is 5.67. The van der Waals surface area contributed by atoms with Gasteiger partial charge in [-0.25, -0.2) is 4.79 Å². The van der Waals surface area contributed by atoms with E-state index in [9.17, 15) is 9.59 Å². The number of carboxylic acids is 1. The molecule has 1 aromatic rings. The molecular formula is C14H15NO4. The van der Waals surface area contributed by atoms with E-state index < -0.39 is 18.0 Å². The fourth-order valence-electron chi connectivity index (χ4n) is 1.43. The van der Waals surface area contributed by atoms with Gasteiger partial charge < -0.3 is 15.2 Å². The van der Waals surface area contributed by atoms with Crippen molar-refractivity contribution in [2.45, 2.75) is 20.0 Å². The number of nitrogens with one attached hydrogen (secondary N) is 1. The highest BCUT2D eigenvalue weighted by atomic mass is 16.5. The lowest BCUT2D eigenvalue weighted by Crippen LogP contribution is -2.36. The Bertz CT molecular complexity index is 531. The van der Waals surface area contributed by atoms with E-state index >= 15 is 0 Å². The zero-order valence-corrected chi connectivity index (χ0v) is 10.8. The van der Waals surface area contributed by atoms with Crippen LogP contribution in [0, 0.1) is 19.3 Å². The monoisotopic (exact) mass is 261 g/mol. The summed E-state index contributed by atoms with van der Waals surface area (Å²) in [6.45, 7) is 3.44. The van der Waals surface area contributed by atoms with Crippen molar-refractivity contribution < 1.29 is 19.4 Å². The van der Waals surface area contributed by atoms with E-state index in [1.165, 1.54) is 13.0 Å². The number of benzene rings is 1. The number of aryl methyl sites for hydroxylation is 1. The zero-order chi connectivity index (χ0) is 14.4. The summed E-state index contributed by atoms with van der Waals surface area (Å²) < 4.78 is 5.38. The van der Waals surface area contributed by atoms with Crippen molar-refractivity contribution in [1.82, 2.24) is 5.32 Å². The molecule has 1 atom stereocenters. The molecule has 5 heteroatoms. The molecular weight excluding hydrogens is 246 g/mol. The quantitative estimate of drug-likeness (QED) is 0.781. The molecule has 0 radical (unpaired) electrons. The molecule has 5 nitrogen and oxygen atoms in total. The fraction of sp³-hybridized carbons (Fsp3) is 0.286. The predicted molar refractivity (Wildman–Crippen MR) is 70.1 cm³/mol. The molecule has 2 N–H and O–H groups in total. The maximum Gasteiger partial charge on any atom is 0.339 e. The van der Waals surface area contributed by atoms with Crippen LogP contribution < -0.4 is 10.1 Å². The Hall–Kier alpha value is -2.48. The van der Waals surface area contributed by atoms with Crippen molar-refractivity contribution in [3.05, 3.63) is 29.3 Å². The van der Waals surface area contributed by atoms with E-state index in [1.807, 2.05) is 6.92 Å². The van der Waals surface area contributed by atoms with Crippen molar-refractivity contribution in [2.24, 2.45) is 0 Å². The van der Waals surface area contributed by atoms with Crippen LogP contribution in [0.15, 0.2) is 18.2 Å². The molecule has 1 aromatic carbocycles. The summed E-state index contributed by atoms with van der Waals surface area (Å²) in [5.74, 6) is 0.939. The standard InChI is InChI=1S/C14H15NO4/c1-4-7-15-13(16)10(3)19-12-8-9(2)5-6-11(12)14(17)18/h1,5-6,8,10H,7H2,2-3H3,(H,15,16)(H,17,18). The first-order valence-electron chi connectivity index (χ1n) is 5.67. The Balaban J connectivity index is 2.87. The summed E-state index contributed by atoms with van der Waals surface area (Å²) in [5, 5.41) is 11.5. The third-order valence-electron chi connectivity index (χ3n) is 2.41. The van der Waals surface area contributed by atoms with Gasteiger partial charge in [0, 0.05) is 0 Å². The summed E-state index contributed by atoms with van der Waals surface area (Å²) in [5.41, 5.74) is 0.860. The molecule has 0 saturated carbocycles. The molecule has 0 saturated heterocycles. The molecule has 1 rings (SSSR count). The molecule has 1 amide bonds. The number of ether oxygens (including phenoxy) is 1. The van der Waals surface area contributed by atoms with Crippen molar-refractivity contribution in [1.29, 1.82) is 0 Å². The molecule has 0 spiro atoms. The van der Waals surface area contributed by atoms with Crippen LogP contribution in [0.1, 0.15) is 22.8 Å². The highest BCUT2D eigenvalue weighted by molar-refractivity contribution is 5.91. The van der Waals surface area contributed by atoms with Gasteiger partial charge in [-0.05, 0) is 31.5 Å². The van der Waals surface area contributed by atoms with Gasteiger partial charge in [0.2, 0.25) is 0 Å². The average molecular weight is 261 g/mol. The maximum atomic E-state index is 11.6. The molecule has 0 aromatic heterocycles. The van der Waals surface area contributed by atoms with Gasteiger partial charge in [0.1, 0.15) is 11.3 Å². The van der Waals surface area contributed by atoms with Gasteiger partial charge in [0.05, 0.1) is 6.54 Å². The first kappa shape index (κ1) is 14.6. The topological polar surface area (TPSA) is 75.6 Å². The van der Waals surface area contributed by atoms with Crippen LogP contribution in [0.3, 0.4) is 0 Å². The Labute approximate surface area is 111 Å². The van der Waals surface area contributed by atoms with Crippen molar-refractivity contribution in [3.63, 3.8) is 0 Å². The second kappa shape index (κ2) is 6.45. The van der Waals surface area contributed by atoms with Crippen LogP contribution in [0.5, 0.6) is 5.75 Å². The van der Waals surface area contributed by atoms with Crippen molar-refractivity contribution in [2.75, 3.05) is 6.54 Å². The molecule has 0 aliphatic rings. The molecule has 1 unspecified atom stereocenters. The van der Waals surface area contributed by atoms with E-state index in [4.69, 9.17) is 16.3 Å². The lowest BCUT2D eigenvalue weighted by molar-refractivity contribution is -0.127. The number of carboxylic acid groups (broad SMARTS) is 1. The van der Waals surface area contributed by atoms with Crippen LogP contribution in [0.4, 0.5) is 0 Å². The van der Waals surface area contributed by atoms with Gasteiger partial charge >= 0.3 is 5.97 Å². The largest absolute Gasteiger partial charge is 0.480 e. The highest BCUT2D eigenvalue weighted by Crippen LogP contribution is 2.21. The number of carbonyl (C=O) groups excluding carboxylic acids is 1. The van der Waals surface area contributed by atoms with E-state index in [-0.39, 0.29) is 17.9 Å². The molecule has 19 heavy (non-hydrogen) atoms. The molecule has 0 bridgehead atoms. The van der Waals surface area contributed by atoms with Crippen LogP contribution in [0.25, 0.3) is 0 Å². The first-order chi connectivity index (χ1) is 8.95. The van der Waals surface area contributed by atoms with Crippen LogP contribution in [0.2, 0.25) is 0 Å². The minimum Gasteiger partial charge on any atom is -0.480 e. The SMILES string of the molecule is C#CCNC(=O)C(C)Oc1cc(C)ccc1C(=O)O. The molecule has 0 aliphatic carbocycles. The Morgan fingerprint density at radius 1 is 1.53 bits per heavy atom. The highest BCUT2D eigenvalue weighted by Gasteiger charge is 2.18. The molecule has 0 aliphatic heterocycles. The second-order valence-corrected chi connectivity index (χ2v) is 3.99. The number of hydrogen-bond donors (Lipinski definition) is 2. The van der Waals surface area contributed by atoms with Gasteiger partial charge in [0.15, 0.2) is 6.10 Å². The van der Waals surface area contributed by atoms with Gasteiger partial charge in [-0.2, -0.15) is 0 Å². The Morgan fingerprint density at radius 3 is 2.79 bits per heavy atom. The fourth-order valence-corrected chi connectivity index (χ4v) is 1.43. The Kier molecular flexibility index (Phi) is 4.95. The molecule has 0 heterocycles. The zero-order valence-electron chi connectivity index (χ0n) is 10.8. The minimum absolute atomic E-state index is 0.0159. The van der Waals surface area contributed by atoms with Gasteiger partial charge in [-0.15, -0.1) is 6.42 Å². The summed E-state index contributed by atoms with van der Waals surface area (Å²) in [6.07, 6.45) is 4.20. The molecule has 100 valence electrons. The summed E-state index contributed by atoms with van der Waals surface area (Å²) in [7, 11) is 0. The number of amides is 1. The smallest absolute Gasteiger partial charge is 0.339 e. The lowest BCUT2D eigenvalue weighted by atomic mass is 10.1. The van der Waals surface area contributed by atoms with E-state index in [2.05, 4.69) is 11.2 Å². The number of rotatable bonds is 5. The predicted octanol–water partition coefficient (Wildman–Crippen LogP) is 1.21. The van der Waals surface area contributed by atoms with Gasteiger partial charge in [-0.1, -0.05) is 12.0 Å². The normalized spacial score (nSPS) is 11.2. The average Bonchev–Trinajstić information content (AvgIpc) is 2.35. The van der Waals surface area contributed by atoms with Gasteiger partial charge in [-0.3, -0.25) is 4.79 Å². The number of hydrogen-bond acceptors (Lipinski definition) is 3. The minimum atomic E-state index is -1.11. The van der Waals surface area contributed by atoms with Crippen LogP contribution in [-0.4, -0.2) is 29.6 Å². The maximum absolute atomic E-state index is 11.6. The Morgan fingerprint density at radius 2 is 2.21 bits per heavy atom. The molecule has 0 fully saturated rings. The summed E-state index contributed by atoms with van der Waals surface area (Å²) in [6, 6.07) is 4.69. The third-order valence-corrected chi connectivity index (χ3v) is 2.41. The van der Waals surface area contributed by atoms with Crippen LogP contribution >= 0.6 is 0 Å². The third kappa shape index (κ3) is 4.03. The van der Waals surface area contributed by atoms with Crippen molar-refractivity contribution >= 4 is 11.9 Å². The van der Waals surface area contributed by atoms with Crippen LogP contribution in [-0.2, 0) is 4.79 Å². The number of aromatic carboxylic acids is 1.